The first kappa shape index (κ1) is 13.5. The summed E-state index contributed by atoms with van der Waals surface area (Å²) in [5, 5.41) is 2.40. The average Bonchev–Trinajstić information content (AvgIpc) is 2.50. The van der Waals surface area contributed by atoms with Crippen LogP contribution >= 0.6 is 38.9 Å². The van der Waals surface area contributed by atoms with Gasteiger partial charge in [-0.2, -0.15) is 0 Å². The normalized spacial score (nSPS) is 14.2. The van der Waals surface area contributed by atoms with Gasteiger partial charge in [-0.3, -0.25) is 0 Å². The largest absolute Gasteiger partial charge is 0.148 e. The van der Waals surface area contributed by atoms with Crippen molar-refractivity contribution in [1.82, 2.24) is 0 Å². The van der Waals surface area contributed by atoms with E-state index in [1.165, 1.54) is 15.8 Å². The van der Waals surface area contributed by atoms with Crippen molar-refractivity contribution in [1.29, 1.82) is 0 Å². The van der Waals surface area contributed by atoms with Crippen LogP contribution in [-0.2, 0) is 6.42 Å². The molecular weight excluding hydrogens is 292 g/mol. The second-order valence-corrected chi connectivity index (χ2v) is 7.30. The Morgan fingerprint density at radius 2 is 2.13 bits per heavy atom. The summed E-state index contributed by atoms with van der Waals surface area (Å²) < 4.78 is 1.24. The lowest BCUT2D eigenvalue weighted by Crippen LogP contribution is -2.20. The molecule has 1 rings (SSSR count). The maximum Gasteiger partial charge on any atom is 0.0384 e. The van der Waals surface area contributed by atoms with E-state index in [4.69, 9.17) is 11.6 Å². The van der Waals surface area contributed by atoms with Gasteiger partial charge in [0.15, 0.2) is 0 Å². The van der Waals surface area contributed by atoms with Gasteiger partial charge in [-0.25, -0.2) is 0 Å². The highest BCUT2D eigenvalue weighted by Crippen LogP contribution is 2.30. The average molecular weight is 310 g/mol. The third kappa shape index (κ3) is 4.46. The number of hydrogen-bond acceptors (Lipinski definition) is 1. The summed E-state index contributed by atoms with van der Waals surface area (Å²) in [5.41, 5.74) is 0.217. The van der Waals surface area contributed by atoms with Crippen LogP contribution in [0.2, 0.25) is 0 Å². The summed E-state index contributed by atoms with van der Waals surface area (Å²) >= 11 is 11.7. The van der Waals surface area contributed by atoms with Gasteiger partial charge in [0.1, 0.15) is 0 Å². The van der Waals surface area contributed by atoms with Crippen molar-refractivity contribution >= 4 is 38.9 Å². The third-order valence-electron chi connectivity index (χ3n) is 2.49. The molecule has 1 aromatic rings. The molecule has 1 aromatic heterocycles. The number of rotatable bonds is 4. The molecule has 1 heterocycles. The fraction of sp³-hybridized carbons (Fsp3) is 0.667. The lowest BCUT2D eigenvalue weighted by Gasteiger charge is -2.24. The number of aryl methyl sites for hydroxylation is 1. The molecule has 0 radical (unpaired) electrons. The molecule has 0 aromatic carbocycles. The fourth-order valence-corrected chi connectivity index (χ4v) is 3.13. The highest BCUT2D eigenvalue weighted by molar-refractivity contribution is 9.10. The molecule has 3 heteroatoms. The van der Waals surface area contributed by atoms with Crippen molar-refractivity contribution in [2.45, 2.75) is 45.4 Å². The van der Waals surface area contributed by atoms with Gasteiger partial charge in [0.2, 0.25) is 0 Å². The molecule has 1 unspecified atom stereocenters. The molecule has 0 N–H and O–H groups in total. The molecule has 0 saturated carbocycles. The van der Waals surface area contributed by atoms with Gasteiger partial charge < -0.3 is 0 Å². The van der Waals surface area contributed by atoms with E-state index in [0.29, 0.717) is 0 Å². The predicted octanol–water partition coefficient (Wildman–Crippen LogP) is 5.49. The van der Waals surface area contributed by atoms with Crippen LogP contribution in [0.15, 0.2) is 15.9 Å². The monoisotopic (exact) mass is 308 g/mol. The van der Waals surface area contributed by atoms with Crippen LogP contribution < -0.4 is 0 Å². The second-order valence-electron chi connectivity index (χ2n) is 4.92. The maximum atomic E-state index is 6.33. The van der Waals surface area contributed by atoms with E-state index in [-0.39, 0.29) is 10.8 Å². The first-order valence-electron chi connectivity index (χ1n) is 5.27. The minimum absolute atomic E-state index is 0.217. The Hall–Kier alpha value is 0.470. The molecule has 0 aliphatic heterocycles. The highest BCUT2D eigenvalue weighted by atomic mass is 79.9. The molecule has 0 aliphatic carbocycles. The first-order valence-corrected chi connectivity index (χ1v) is 7.38. The summed E-state index contributed by atoms with van der Waals surface area (Å²) in [6, 6.07) is 2.11. The number of halogens is 2. The summed E-state index contributed by atoms with van der Waals surface area (Å²) in [4.78, 5) is 1.44. The molecule has 0 aliphatic rings. The standard InChI is InChI=1S/C12H18BrClS/c1-12(2,3)11(14)6-4-5-10-9(13)7-8-15-10/h7-8,11H,4-6H2,1-3H3. The van der Waals surface area contributed by atoms with Crippen LogP contribution in [0.25, 0.3) is 0 Å². The van der Waals surface area contributed by atoms with Crippen LogP contribution in [0.5, 0.6) is 0 Å². The topological polar surface area (TPSA) is 0 Å². The lowest BCUT2D eigenvalue weighted by molar-refractivity contribution is 0.369. The summed E-state index contributed by atoms with van der Waals surface area (Å²) in [5.74, 6) is 0. The summed E-state index contributed by atoms with van der Waals surface area (Å²) in [6.45, 7) is 6.60. The predicted molar refractivity (Wildman–Crippen MR) is 74.1 cm³/mol. The maximum absolute atomic E-state index is 6.33. The van der Waals surface area contributed by atoms with Gasteiger partial charge in [-0.1, -0.05) is 20.8 Å². The molecular formula is C12H18BrClS. The Balaban J connectivity index is 2.31. The van der Waals surface area contributed by atoms with E-state index < -0.39 is 0 Å². The van der Waals surface area contributed by atoms with E-state index >= 15 is 0 Å². The Morgan fingerprint density at radius 3 is 2.60 bits per heavy atom. The molecule has 0 spiro atoms. The van der Waals surface area contributed by atoms with Gasteiger partial charge in [-0.15, -0.1) is 22.9 Å². The van der Waals surface area contributed by atoms with Gasteiger partial charge >= 0.3 is 0 Å². The van der Waals surface area contributed by atoms with E-state index in [0.717, 1.165) is 12.8 Å². The van der Waals surface area contributed by atoms with Gasteiger partial charge in [0, 0.05) is 14.7 Å². The zero-order valence-corrected chi connectivity index (χ0v) is 12.7. The Morgan fingerprint density at radius 1 is 1.47 bits per heavy atom. The molecule has 15 heavy (non-hydrogen) atoms. The quantitative estimate of drug-likeness (QED) is 0.645. The van der Waals surface area contributed by atoms with Crippen molar-refractivity contribution in [3.8, 4) is 0 Å². The van der Waals surface area contributed by atoms with E-state index in [2.05, 4.69) is 48.1 Å². The van der Waals surface area contributed by atoms with Crippen molar-refractivity contribution < 1.29 is 0 Å². The Labute approximate surface area is 110 Å². The Bertz CT molecular complexity index is 301. The van der Waals surface area contributed by atoms with Crippen molar-refractivity contribution in [2.75, 3.05) is 0 Å². The van der Waals surface area contributed by atoms with Gasteiger partial charge in [0.05, 0.1) is 0 Å². The number of hydrogen-bond donors (Lipinski definition) is 0. The van der Waals surface area contributed by atoms with E-state index in [1.807, 2.05) is 11.3 Å². The van der Waals surface area contributed by atoms with E-state index in [1.54, 1.807) is 0 Å². The zero-order valence-electron chi connectivity index (χ0n) is 9.52. The minimum Gasteiger partial charge on any atom is -0.148 e. The first-order chi connectivity index (χ1) is 6.91. The SMILES string of the molecule is CC(C)(C)C(Cl)CCCc1sccc1Br. The lowest BCUT2D eigenvalue weighted by atomic mass is 9.89. The third-order valence-corrected chi connectivity index (χ3v) is 5.35. The van der Waals surface area contributed by atoms with Crippen LogP contribution in [0.1, 0.15) is 38.5 Å². The molecule has 0 nitrogen and oxygen atoms in total. The van der Waals surface area contributed by atoms with E-state index in [9.17, 15) is 0 Å². The number of alkyl halides is 1. The van der Waals surface area contributed by atoms with Crippen molar-refractivity contribution in [3.05, 3.63) is 20.8 Å². The molecule has 0 bridgehead atoms. The van der Waals surface area contributed by atoms with Crippen LogP contribution in [0.3, 0.4) is 0 Å². The molecule has 1 atom stereocenters. The van der Waals surface area contributed by atoms with Crippen LogP contribution in [0, 0.1) is 5.41 Å². The summed E-state index contributed by atoms with van der Waals surface area (Å²) in [7, 11) is 0. The van der Waals surface area contributed by atoms with Gasteiger partial charge in [-0.05, 0) is 52.1 Å². The summed E-state index contributed by atoms with van der Waals surface area (Å²) in [6.07, 6.45) is 3.40. The van der Waals surface area contributed by atoms with Crippen molar-refractivity contribution in [2.24, 2.45) is 5.41 Å². The number of thiophene rings is 1. The highest BCUT2D eigenvalue weighted by Gasteiger charge is 2.21. The fourth-order valence-electron chi connectivity index (χ4n) is 1.38. The van der Waals surface area contributed by atoms with Crippen LogP contribution in [0.4, 0.5) is 0 Å². The molecule has 0 saturated heterocycles. The van der Waals surface area contributed by atoms with Gasteiger partial charge in [0.25, 0.3) is 0 Å². The minimum atomic E-state index is 0.217. The molecule has 0 fully saturated rings. The van der Waals surface area contributed by atoms with Crippen molar-refractivity contribution in [3.63, 3.8) is 0 Å². The zero-order chi connectivity index (χ0) is 11.5. The molecule has 0 amide bonds. The smallest absolute Gasteiger partial charge is 0.0384 e. The Kier molecular flexibility index (Phi) is 5.14. The second kappa shape index (κ2) is 5.70. The van der Waals surface area contributed by atoms with Crippen LogP contribution in [-0.4, -0.2) is 5.38 Å². The molecule has 86 valence electrons.